The molecule has 0 aliphatic heterocycles. The number of aliphatic carboxylic acids is 1. The smallest absolute Gasteiger partial charge is 0.305 e. The highest BCUT2D eigenvalue weighted by Crippen LogP contribution is 2.20. The van der Waals surface area contributed by atoms with Crippen LogP contribution in [0.3, 0.4) is 0 Å². The number of pyridine rings is 1. The van der Waals surface area contributed by atoms with Crippen LogP contribution in [0, 0.1) is 13.8 Å². The highest BCUT2D eigenvalue weighted by Gasteiger charge is 2.17. The highest BCUT2D eigenvalue weighted by atomic mass is 35.5. The van der Waals surface area contributed by atoms with Crippen LogP contribution in [-0.2, 0) is 4.79 Å². The first-order chi connectivity index (χ1) is 9.40. The lowest BCUT2D eigenvalue weighted by molar-refractivity contribution is -0.136. The fraction of sp³-hybridized carbons (Fsp3) is 0.308. The van der Waals surface area contributed by atoms with Gasteiger partial charge in [0.15, 0.2) is 0 Å². The zero-order valence-corrected chi connectivity index (χ0v) is 11.9. The van der Waals surface area contributed by atoms with Gasteiger partial charge in [-0.15, -0.1) is 0 Å². The summed E-state index contributed by atoms with van der Waals surface area (Å²) in [4.78, 5) is 26.9. The van der Waals surface area contributed by atoms with Gasteiger partial charge in [-0.25, -0.2) is 4.98 Å². The third-order valence-electron chi connectivity index (χ3n) is 2.88. The van der Waals surface area contributed by atoms with Gasteiger partial charge in [0, 0.05) is 12.7 Å². The Morgan fingerprint density at radius 2 is 2.15 bits per heavy atom. The third kappa shape index (κ3) is 2.75. The summed E-state index contributed by atoms with van der Waals surface area (Å²) in [5, 5.41) is 11.6. The fourth-order valence-corrected chi connectivity index (χ4v) is 2.28. The van der Waals surface area contributed by atoms with Gasteiger partial charge in [0.25, 0.3) is 5.91 Å². The minimum atomic E-state index is -0.959. The second kappa shape index (κ2) is 5.50. The van der Waals surface area contributed by atoms with E-state index in [4.69, 9.17) is 16.7 Å². The van der Waals surface area contributed by atoms with Crippen LogP contribution in [0.1, 0.15) is 28.2 Å². The lowest BCUT2D eigenvalue weighted by Gasteiger charge is -2.06. The molecule has 2 rings (SSSR count). The summed E-state index contributed by atoms with van der Waals surface area (Å²) < 4.78 is 1.63. The van der Waals surface area contributed by atoms with Crippen molar-refractivity contribution in [2.75, 3.05) is 6.54 Å². The maximum absolute atomic E-state index is 12.1. The van der Waals surface area contributed by atoms with Crippen LogP contribution in [0.25, 0.3) is 5.65 Å². The predicted molar refractivity (Wildman–Crippen MR) is 74.3 cm³/mol. The van der Waals surface area contributed by atoms with Gasteiger partial charge in [-0.1, -0.05) is 11.6 Å². The minimum absolute atomic E-state index is 0.0698. The van der Waals surface area contributed by atoms with Crippen molar-refractivity contribution >= 4 is 29.1 Å². The summed E-state index contributed by atoms with van der Waals surface area (Å²) >= 11 is 6.00. The molecule has 0 radical (unpaired) electrons. The van der Waals surface area contributed by atoms with Crippen molar-refractivity contribution in [2.45, 2.75) is 20.3 Å². The Hall–Kier alpha value is -2.08. The van der Waals surface area contributed by atoms with E-state index in [0.717, 1.165) is 5.56 Å². The molecule has 0 aliphatic rings. The van der Waals surface area contributed by atoms with Crippen LogP contribution in [0.2, 0.25) is 5.02 Å². The van der Waals surface area contributed by atoms with Gasteiger partial charge < -0.3 is 10.4 Å². The van der Waals surface area contributed by atoms with E-state index in [1.807, 2.05) is 6.92 Å². The lowest BCUT2D eigenvalue weighted by Crippen LogP contribution is -2.27. The molecular formula is C13H14ClN3O3. The quantitative estimate of drug-likeness (QED) is 0.901. The number of nitrogens with zero attached hydrogens (tertiary/aromatic N) is 2. The number of aromatic nitrogens is 2. The number of carboxylic acid groups (broad SMARTS) is 1. The summed E-state index contributed by atoms with van der Waals surface area (Å²) in [7, 11) is 0. The van der Waals surface area contributed by atoms with E-state index in [-0.39, 0.29) is 18.9 Å². The Morgan fingerprint density at radius 1 is 1.45 bits per heavy atom. The number of carboxylic acids is 1. The van der Waals surface area contributed by atoms with Gasteiger partial charge in [-0.05, 0) is 25.5 Å². The van der Waals surface area contributed by atoms with E-state index in [2.05, 4.69) is 10.3 Å². The van der Waals surface area contributed by atoms with E-state index < -0.39 is 5.97 Å². The largest absolute Gasteiger partial charge is 0.481 e. The van der Waals surface area contributed by atoms with Gasteiger partial charge in [0.05, 0.1) is 17.1 Å². The molecule has 2 N–H and O–H groups in total. The number of carbonyl (C=O) groups excluding carboxylic acids is 1. The molecule has 0 saturated heterocycles. The van der Waals surface area contributed by atoms with Crippen molar-refractivity contribution in [2.24, 2.45) is 0 Å². The summed E-state index contributed by atoms with van der Waals surface area (Å²) in [5.41, 5.74) is 2.47. The summed E-state index contributed by atoms with van der Waals surface area (Å²) in [6.45, 7) is 3.66. The van der Waals surface area contributed by atoms with Crippen molar-refractivity contribution in [3.05, 3.63) is 34.2 Å². The Kier molecular flexibility index (Phi) is 3.94. The van der Waals surface area contributed by atoms with Gasteiger partial charge in [-0.3, -0.25) is 14.0 Å². The molecule has 0 aromatic carbocycles. The van der Waals surface area contributed by atoms with E-state index in [1.54, 1.807) is 23.6 Å². The number of aryl methyl sites for hydroxylation is 2. The van der Waals surface area contributed by atoms with E-state index >= 15 is 0 Å². The Balaban J connectivity index is 2.36. The second-order valence-electron chi connectivity index (χ2n) is 4.48. The summed E-state index contributed by atoms with van der Waals surface area (Å²) in [6, 6.07) is 1.77. The van der Waals surface area contributed by atoms with Crippen molar-refractivity contribution in [1.29, 1.82) is 0 Å². The lowest BCUT2D eigenvalue weighted by atomic mass is 10.3. The predicted octanol–water partition coefficient (Wildman–Crippen LogP) is 1.81. The second-order valence-corrected chi connectivity index (χ2v) is 4.92. The van der Waals surface area contributed by atoms with Gasteiger partial charge in [0.2, 0.25) is 0 Å². The Morgan fingerprint density at radius 3 is 2.80 bits per heavy atom. The summed E-state index contributed by atoms with van der Waals surface area (Å²) in [6.07, 6.45) is 1.50. The normalized spacial score (nSPS) is 10.8. The maximum atomic E-state index is 12.1. The van der Waals surface area contributed by atoms with Crippen LogP contribution in [0.5, 0.6) is 0 Å². The van der Waals surface area contributed by atoms with Gasteiger partial charge >= 0.3 is 5.97 Å². The molecular weight excluding hydrogens is 282 g/mol. The topological polar surface area (TPSA) is 83.7 Å². The molecule has 20 heavy (non-hydrogen) atoms. The Labute approximate surface area is 120 Å². The average Bonchev–Trinajstić information content (AvgIpc) is 2.65. The summed E-state index contributed by atoms with van der Waals surface area (Å²) in [5.74, 6) is -1.32. The maximum Gasteiger partial charge on any atom is 0.305 e. The monoisotopic (exact) mass is 295 g/mol. The van der Waals surface area contributed by atoms with Crippen LogP contribution in [-0.4, -0.2) is 32.9 Å². The molecule has 0 spiro atoms. The molecule has 2 aromatic rings. The van der Waals surface area contributed by atoms with E-state index in [1.165, 1.54) is 0 Å². The molecule has 0 fully saturated rings. The zero-order chi connectivity index (χ0) is 14.9. The molecule has 7 heteroatoms. The fourth-order valence-electron chi connectivity index (χ4n) is 2.02. The average molecular weight is 296 g/mol. The van der Waals surface area contributed by atoms with Crippen molar-refractivity contribution < 1.29 is 14.7 Å². The molecule has 2 heterocycles. The third-order valence-corrected chi connectivity index (χ3v) is 3.09. The van der Waals surface area contributed by atoms with Gasteiger partial charge in [0.1, 0.15) is 11.3 Å². The number of rotatable bonds is 4. The molecule has 2 aromatic heterocycles. The zero-order valence-electron chi connectivity index (χ0n) is 11.1. The standard InChI is InChI=1S/C13H14ClN3O3/c1-7-5-9(14)6-17-11(8(2)16-12(7)17)13(20)15-4-3-10(18)19/h5-6H,3-4H2,1-2H3,(H,15,20)(H,18,19). The van der Waals surface area contributed by atoms with E-state index in [0.29, 0.717) is 22.1 Å². The first-order valence-corrected chi connectivity index (χ1v) is 6.42. The van der Waals surface area contributed by atoms with Gasteiger partial charge in [-0.2, -0.15) is 0 Å². The number of carbonyl (C=O) groups is 2. The van der Waals surface area contributed by atoms with E-state index in [9.17, 15) is 9.59 Å². The number of amides is 1. The molecule has 0 aliphatic carbocycles. The number of imidazole rings is 1. The van der Waals surface area contributed by atoms with Crippen molar-refractivity contribution in [1.82, 2.24) is 14.7 Å². The SMILES string of the molecule is Cc1nc2c(C)cc(Cl)cn2c1C(=O)NCCC(=O)O. The molecule has 6 nitrogen and oxygen atoms in total. The highest BCUT2D eigenvalue weighted by molar-refractivity contribution is 6.30. The van der Waals surface area contributed by atoms with Crippen LogP contribution >= 0.6 is 11.6 Å². The molecule has 0 unspecified atom stereocenters. The molecule has 0 atom stereocenters. The molecule has 106 valence electrons. The number of hydrogen-bond donors (Lipinski definition) is 2. The van der Waals surface area contributed by atoms with Crippen LogP contribution in [0.4, 0.5) is 0 Å². The number of fused-ring (bicyclic) bond motifs is 1. The number of halogens is 1. The minimum Gasteiger partial charge on any atom is -0.481 e. The van der Waals surface area contributed by atoms with Crippen molar-refractivity contribution in [3.63, 3.8) is 0 Å². The van der Waals surface area contributed by atoms with Crippen molar-refractivity contribution in [3.8, 4) is 0 Å². The van der Waals surface area contributed by atoms with Crippen LogP contribution in [0.15, 0.2) is 12.3 Å². The van der Waals surface area contributed by atoms with Crippen LogP contribution < -0.4 is 5.32 Å². The number of nitrogens with one attached hydrogen (secondary N) is 1. The first kappa shape index (κ1) is 14.3. The molecule has 0 saturated carbocycles. The first-order valence-electron chi connectivity index (χ1n) is 6.05. The Bertz CT molecular complexity index is 694. The number of hydrogen-bond acceptors (Lipinski definition) is 3. The molecule has 1 amide bonds. The molecule has 0 bridgehead atoms.